The van der Waals surface area contributed by atoms with E-state index in [1.807, 2.05) is 0 Å². The van der Waals surface area contributed by atoms with E-state index in [9.17, 15) is 8.78 Å². The average molecular weight is 358 g/mol. The van der Waals surface area contributed by atoms with Crippen LogP contribution in [0.1, 0.15) is 0 Å². The first kappa shape index (κ1) is 13.5. The molecule has 0 aliphatic rings. The number of benzene rings is 1. The van der Waals surface area contributed by atoms with Gasteiger partial charge in [-0.25, -0.2) is 0 Å². The molecule has 0 saturated heterocycles. The van der Waals surface area contributed by atoms with Crippen LogP contribution in [0, 0.1) is 11.6 Å². The molecule has 96 valence electrons. The van der Waals surface area contributed by atoms with Crippen molar-refractivity contribution in [3.05, 3.63) is 30.1 Å². The van der Waals surface area contributed by atoms with Gasteiger partial charge in [0.25, 0.3) is 0 Å². The van der Waals surface area contributed by atoms with Crippen molar-refractivity contribution in [1.29, 1.82) is 0 Å². The van der Waals surface area contributed by atoms with Gasteiger partial charge in [0.1, 0.15) is 0 Å². The van der Waals surface area contributed by atoms with Gasteiger partial charge in [0.2, 0.25) is 0 Å². The Bertz CT molecular complexity index is 608. The van der Waals surface area contributed by atoms with E-state index >= 15 is 0 Å². The van der Waals surface area contributed by atoms with Crippen molar-refractivity contribution in [3.8, 4) is 5.75 Å². The Hall–Kier alpha value is -0.911. The molecule has 0 unspecified atom stereocenters. The number of rotatable bonds is 2. The predicted octanol–water partition coefficient (Wildman–Crippen LogP) is 3.07. The number of hydrogen-bond acceptors (Lipinski definition) is 2. The topological polar surface area (TPSA) is 22.1 Å². The zero-order chi connectivity index (χ0) is 13.5. The Kier molecular flexibility index (Phi) is 3.49. The van der Waals surface area contributed by atoms with Crippen molar-refractivity contribution in [2.75, 3.05) is 7.11 Å². The molecule has 0 bridgehead atoms. The van der Waals surface area contributed by atoms with Crippen molar-refractivity contribution in [2.45, 2.75) is 14.8 Å². The van der Waals surface area contributed by atoms with Crippen molar-refractivity contribution >= 4 is 32.7 Å². The molecule has 1 heterocycles. The summed E-state index contributed by atoms with van der Waals surface area (Å²) in [7, 11) is 1.36. The molecule has 5 heteroatoms. The van der Waals surface area contributed by atoms with Gasteiger partial charge in [-0.3, -0.25) is 0 Å². The summed E-state index contributed by atoms with van der Waals surface area (Å²) in [6.45, 7) is 0. The second-order valence-corrected chi connectivity index (χ2v) is 19.6. The van der Waals surface area contributed by atoms with Crippen molar-refractivity contribution in [3.63, 3.8) is 0 Å². The fourth-order valence-corrected chi connectivity index (χ4v) is 6.21. The Balaban J connectivity index is 2.95. The molecule has 1 aromatic heterocycles. The molecule has 2 nitrogen and oxygen atoms in total. The molecule has 0 aliphatic carbocycles. The number of methoxy groups -OCH3 is 1. The first-order valence-electron chi connectivity index (χ1n) is 5.66. The van der Waals surface area contributed by atoms with Gasteiger partial charge < -0.3 is 0 Å². The molecule has 0 saturated carbocycles. The molecule has 0 N–H and O–H groups in total. The molecule has 2 aromatic rings. The molecule has 1 aromatic carbocycles. The second kappa shape index (κ2) is 4.64. The molecule has 0 fully saturated rings. The van der Waals surface area contributed by atoms with E-state index in [2.05, 4.69) is 19.8 Å². The molecular weight excluding hydrogens is 343 g/mol. The van der Waals surface area contributed by atoms with Crippen LogP contribution in [0.15, 0.2) is 18.5 Å². The van der Waals surface area contributed by atoms with Crippen molar-refractivity contribution in [2.24, 2.45) is 0 Å². The van der Waals surface area contributed by atoms with Crippen LogP contribution in [-0.2, 0) is 0 Å². The van der Waals surface area contributed by atoms with Gasteiger partial charge in [0.15, 0.2) is 0 Å². The van der Waals surface area contributed by atoms with E-state index in [1.165, 1.54) is 13.2 Å². The Labute approximate surface area is 109 Å². The van der Waals surface area contributed by atoms with E-state index in [0.29, 0.717) is 10.8 Å². The first-order chi connectivity index (χ1) is 8.36. The quantitative estimate of drug-likeness (QED) is 0.770. The average Bonchev–Trinajstić information content (AvgIpc) is 2.29. The van der Waals surface area contributed by atoms with E-state index in [1.54, 1.807) is 12.4 Å². The Morgan fingerprint density at radius 3 is 2.39 bits per heavy atom. The number of nitrogens with zero attached hydrogens (tertiary/aromatic N) is 1. The van der Waals surface area contributed by atoms with Gasteiger partial charge in [-0.2, -0.15) is 0 Å². The van der Waals surface area contributed by atoms with Gasteiger partial charge in [-0.15, -0.1) is 0 Å². The summed E-state index contributed by atoms with van der Waals surface area (Å²) in [5.41, 5.74) is 0. The third-order valence-electron chi connectivity index (χ3n) is 2.91. The number of halogens is 2. The zero-order valence-corrected chi connectivity index (χ0v) is 13.7. The number of pyridine rings is 1. The molecule has 0 amide bonds. The molecule has 0 spiro atoms. The molecule has 0 radical (unpaired) electrons. The normalized spacial score (nSPS) is 11.9. The fourth-order valence-electron chi connectivity index (χ4n) is 2.02. The van der Waals surface area contributed by atoms with Crippen molar-refractivity contribution in [1.82, 2.24) is 4.98 Å². The van der Waals surface area contributed by atoms with Crippen LogP contribution in [0.5, 0.6) is 5.75 Å². The fraction of sp³-hybridized carbons (Fsp3) is 0.308. The van der Waals surface area contributed by atoms with Gasteiger partial charge in [0.05, 0.1) is 0 Å². The predicted molar refractivity (Wildman–Crippen MR) is 71.2 cm³/mol. The summed E-state index contributed by atoms with van der Waals surface area (Å²) in [6.07, 6.45) is 3.31. The van der Waals surface area contributed by atoms with Crippen LogP contribution < -0.4 is 8.32 Å². The van der Waals surface area contributed by atoms with Crippen LogP contribution in [0.4, 0.5) is 8.78 Å². The SMILES string of the molecule is COc1c(F)c(F)cc2cnc[c]([Sn]([CH3])([CH3])[CH3])c12. The molecule has 2 rings (SSSR count). The summed E-state index contributed by atoms with van der Waals surface area (Å²) < 4.78 is 33.4. The van der Waals surface area contributed by atoms with E-state index in [-0.39, 0.29) is 5.75 Å². The Morgan fingerprint density at radius 2 is 1.83 bits per heavy atom. The molecular formula is C13H15F2NOSn. The van der Waals surface area contributed by atoms with Crippen molar-refractivity contribution < 1.29 is 13.5 Å². The summed E-state index contributed by atoms with van der Waals surface area (Å²) in [4.78, 5) is 10.7. The molecule has 0 atom stereocenters. The Morgan fingerprint density at radius 1 is 1.17 bits per heavy atom. The summed E-state index contributed by atoms with van der Waals surface area (Å²) >= 11 is -2.48. The standard InChI is InChI=1S/C10H6F2NO.3CH3.Sn/c1-14-10-7-2-3-13-5-6(7)4-8(11)9(10)12;;;;/h3-5H,1H3;3*1H3;. The monoisotopic (exact) mass is 359 g/mol. The summed E-state index contributed by atoms with van der Waals surface area (Å²) in [5, 5.41) is 1.27. The maximum atomic E-state index is 13.8. The first-order valence-corrected chi connectivity index (χ1v) is 15.7. The van der Waals surface area contributed by atoms with E-state index in [0.717, 1.165) is 3.58 Å². The van der Waals surface area contributed by atoms with E-state index < -0.39 is 30.0 Å². The summed E-state index contributed by atoms with van der Waals surface area (Å²) in [6, 6.07) is 1.18. The van der Waals surface area contributed by atoms with E-state index in [4.69, 9.17) is 4.74 Å². The number of fused-ring (bicyclic) bond motifs is 1. The van der Waals surface area contributed by atoms with Crippen LogP contribution in [-0.4, -0.2) is 30.5 Å². The van der Waals surface area contributed by atoms with Crippen LogP contribution in [0.25, 0.3) is 10.8 Å². The van der Waals surface area contributed by atoms with Crippen LogP contribution in [0.3, 0.4) is 0 Å². The minimum absolute atomic E-state index is 0.00553. The van der Waals surface area contributed by atoms with Gasteiger partial charge in [0, 0.05) is 0 Å². The number of ether oxygens (including phenoxy) is 1. The second-order valence-electron chi connectivity index (χ2n) is 5.24. The third-order valence-corrected chi connectivity index (χ3v) is 8.60. The third kappa shape index (κ3) is 2.18. The molecule has 18 heavy (non-hydrogen) atoms. The maximum absolute atomic E-state index is 13.8. The van der Waals surface area contributed by atoms with Crippen LogP contribution >= 0.6 is 0 Å². The van der Waals surface area contributed by atoms with Gasteiger partial charge in [-0.1, -0.05) is 0 Å². The van der Waals surface area contributed by atoms with Gasteiger partial charge >= 0.3 is 109 Å². The zero-order valence-electron chi connectivity index (χ0n) is 10.8. The molecule has 0 aliphatic heterocycles. The van der Waals surface area contributed by atoms with Gasteiger partial charge in [-0.05, 0) is 0 Å². The number of hydrogen-bond donors (Lipinski definition) is 0. The summed E-state index contributed by atoms with van der Waals surface area (Å²) in [5.74, 6) is -1.83. The number of aromatic nitrogens is 1. The minimum atomic E-state index is -2.48. The van der Waals surface area contributed by atoms with Crippen LogP contribution in [0.2, 0.25) is 14.8 Å².